The van der Waals surface area contributed by atoms with Crippen LogP contribution in [0.2, 0.25) is 0 Å². The molecule has 23 heavy (non-hydrogen) atoms. The fourth-order valence-corrected chi connectivity index (χ4v) is 1.48. The largest absolute Gasteiger partial charge is 0.356 e. The summed E-state index contributed by atoms with van der Waals surface area (Å²) in [6.07, 6.45) is 2.05. The van der Waals surface area contributed by atoms with Gasteiger partial charge in [0.05, 0.1) is 6.54 Å². The highest BCUT2D eigenvalue weighted by atomic mass is 127. The van der Waals surface area contributed by atoms with E-state index in [0.29, 0.717) is 5.96 Å². The first kappa shape index (κ1) is 24.2. The number of nitrogens with one attached hydrogen (secondary N) is 3. The minimum atomic E-state index is -0.281. The molecule has 2 amide bonds. The molecule has 7 nitrogen and oxygen atoms in total. The summed E-state index contributed by atoms with van der Waals surface area (Å²) in [5.41, 5.74) is -0.281. The predicted octanol–water partition coefficient (Wildman–Crippen LogP) is 0.943. The first-order valence-corrected chi connectivity index (χ1v) is 7.69. The molecular formula is C15H32IN5O2. The third-order valence-corrected chi connectivity index (χ3v) is 2.62. The number of amides is 2. The number of rotatable bonds is 7. The molecule has 0 aromatic carbocycles. The van der Waals surface area contributed by atoms with Gasteiger partial charge >= 0.3 is 0 Å². The first-order chi connectivity index (χ1) is 10.2. The fourth-order valence-electron chi connectivity index (χ4n) is 1.48. The van der Waals surface area contributed by atoms with Crippen LogP contribution in [-0.4, -0.2) is 61.9 Å². The molecule has 3 N–H and O–H groups in total. The first-order valence-electron chi connectivity index (χ1n) is 7.69. The van der Waals surface area contributed by atoms with Crippen LogP contribution >= 0.6 is 24.0 Å². The maximum absolute atomic E-state index is 11.8. The van der Waals surface area contributed by atoms with E-state index in [0.717, 1.165) is 19.4 Å². The quantitative estimate of drug-likeness (QED) is 0.238. The van der Waals surface area contributed by atoms with E-state index in [2.05, 4.69) is 27.9 Å². The van der Waals surface area contributed by atoms with Crippen LogP contribution in [0.3, 0.4) is 0 Å². The minimum Gasteiger partial charge on any atom is -0.356 e. The molecule has 0 rings (SSSR count). The van der Waals surface area contributed by atoms with Crippen molar-refractivity contribution in [1.29, 1.82) is 0 Å². The molecule has 0 aliphatic heterocycles. The van der Waals surface area contributed by atoms with Crippen molar-refractivity contribution in [2.45, 2.75) is 46.1 Å². The van der Waals surface area contributed by atoms with Crippen molar-refractivity contribution in [3.63, 3.8) is 0 Å². The Labute approximate surface area is 157 Å². The van der Waals surface area contributed by atoms with E-state index in [1.54, 1.807) is 14.1 Å². The summed E-state index contributed by atoms with van der Waals surface area (Å²) in [5, 5.41) is 8.92. The molecule has 0 bridgehead atoms. The second-order valence-electron chi connectivity index (χ2n) is 6.39. The molecule has 0 saturated heterocycles. The summed E-state index contributed by atoms with van der Waals surface area (Å²) in [7, 11) is 3.39. The third kappa shape index (κ3) is 14.3. The number of carbonyl (C=O) groups excluding carboxylic acids is 2. The Kier molecular flexibility index (Phi) is 13.0. The number of unbranched alkanes of at least 4 members (excludes halogenated alkanes) is 1. The van der Waals surface area contributed by atoms with E-state index in [1.807, 2.05) is 20.8 Å². The van der Waals surface area contributed by atoms with Crippen molar-refractivity contribution in [2.75, 3.05) is 33.7 Å². The zero-order valence-electron chi connectivity index (χ0n) is 15.2. The van der Waals surface area contributed by atoms with Crippen molar-refractivity contribution in [2.24, 2.45) is 4.99 Å². The van der Waals surface area contributed by atoms with Crippen molar-refractivity contribution < 1.29 is 9.59 Å². The van der Waals surface area contributed by atoms with Crippen LogP contribution in [0.15, 0.2) is 4.99 Å². The van der Waals surface area contributed by atoms with E-state index < -0.39 is 0 Å². The van der Waals surface area contributed by atoms with Crippen molar-refractivity contribution in [1.82, 2.24) is 20.9 Å². The van der Waals surface area contributed by atoms with Crippen LogP contribution in [0.5, 0.6) is 0 Å². The summed E-state index contributed by atoms with van der Waals surface area (Å²) in [6.45, 7) is 8.77. The number of aliphatic imine (C=N–C) groups is 1. The van der Waals surface area contributed by atoms with E-state index in [9.17, 15) is 9.59 Å². The number of carbonyl (C=O) groups is 2. The smallest absolute Gasteiger partial charge is 0.242 e. The molecule has 0 atom stereocenters. The van der Waals surface area contributed by atoms with Gasteiger partial charge in [0.2, 0.25) is 11.8 Å². The summed E-state index contributed by atoms with van der Waals surface area (Å²) in [5.74, 6) is 0.278. The van der Waals surface area contributed by atoms with Crippen LogP contribution in [0, 0.1) is 0 Å². The number of halogens is 1. The molecule has 0 unspecified atom stereocenters. The van der Waals surface area contributed by atoms with Crippen LogP contribution in [0.4, 0.5) is 0 Å². The number of guanidine groups is 1. The zero-order chi connectivity index (χ0) is 17.2. The number of hydrogen-bond donors (Lipinski definition) is 3. The monoisotopic (exact) mass is 441 g/mol. The standard InChI is InChI=1S/C15H31N5O2.HI/c1-7-8-9-16-14(18-11-13(22)20(5)6)17-10-12(21)19-15(2,3)4;/h7-11H2,1-6H3,(H,19,21)(H2,16,17,18);1H. The minimum absolute atomic E-state index is 0. The Bertz CT molecular complexity index is 392. The van der Waals surface area contributed by atoms with Gasteiger partial charge in [-0.05, 0) is 27.2 Å². The molecule has 0 aromatic rings. The molecule has 0 aromatic heterocycles. The van der Waals surface area contributed by atoms with Crippen molar-refractivity contribution >= 4 is 41.8 Å². The van der Waals surface area contributed by atoms with E-state index in [1.165, 1.54) is 4.90 Å². The molecule has 136 valence electrons. The summed E-state index contributed by atoms with van der Waals surface area (Å²) >= 11 is 0. The van der Waals surface area contributed by atoms with Crippen LogP contribution in [-0.2, 0) is 9.59 Å². The van der Waals surface area contributed by atoms with Gasteiger partial charge in [0.1, 0.15) is 6.54 Å². The second kappa shape index (κ2) is 12.4. The van der Waals surface area contributed by atoms with Crippen LogP contribution < -0.4 is 16.0 Å². The van der Waals surface area contributed by atoms with Gasteiger partial charge in [-0.3, -0.25) is 9.59 Å². The van der Waals surface area contributed by atoms with Crippen molar-refractivity contribution in [3.05, 3.63) is 0 Å². The van der Waals surface area contributed by atoms with Gasteiger partial charge in [0, 0.05) is 26.2 Å². The van der Waals surface area contributed by atoms with Crippen LogP contribution in [0.1, 0.15) is 40.5 Å². The molecule has 0 spiro atoms. The van der Waals surface area contributed by atoms with E-state index >= 15 is 0 Å². The van der Waals surface area contributed by atoms with E-state index in [-0.39, 0.29) is 54.4 Å². The molecule has 0 aliphatic carbocycles. The highest BCUT2D eigenvalue weighted by molar-refractivity contribution is 14.0. The molecular weight excluding hydrogens is 409 g/mol. The third-order valence-electron chi connectivity index (χ3n) is 2.62. The Morgan fingerprint density at radius 1 is 1.13 bits per heavy atom. The number of likely N-dealkylation sites (N-methyl/N-ethyl adjacent to an activating group) is 1. The molecule has 8 heteroatoms. The number of hydrogen-bond acceptors (Lipinski definition) is 3. The summed E-state index contributed by atoms with van der Waals surface area (Å²) < 4.78 is 0. The molecule has 0 fully saturated rings. The van der Waals surface area contributed by atoms with Gasteiger partial charge in [0.25, 0.3) is 0 Å². The lowest BCUT2D eigenvalue weighted by molar-refractivity contribution is -0.127. The lowest BCUT2D eigenvalue weighted by Gasteiger charge is -2.20. The molecule has 0 aliphatic rings. The highest BCUT2D eigenvalue weighted by Crippen LogP contribution is 1.97. The van der Waals surface area contributed by atoms with Gasteiger partial charge < -0.3 is 20.9 Å². The average molecular weight is 441 g/mol. The number of nitrogens with zero attached hydrogens (tertiary/aromatic N) is 2. The van der Waals surface area contributed by atoms with Crippen LogP contribution in [0.25, 0.3) is 0 Å². The fraction of sp³-hybridized carbons (Fsp3) is 0.800. The van der Waals surface area contributed by atoms with Gasteiger partial charge in [-0.25, -0.2) is 4.99 Å². The molecule has 0 radical (unpaired) electrons. The Morgan fingerprint density at radius 3 is 2.22 bits per heavy atom. The van der Waals surface area contributed by atoms with Gasteiger partial charge in [-0.15, -0.1) is 24.0 Å². The molecule has 0 heterocycles. The lowest BCUT2D eigenvalue weighted by atomic mass is 10.1. The predicted molar refractivity (Wildman–Crippen MR) is 105 cm³/mol. The SMILES string of the molecule is CCCCNC(=NCC(=O)NC(C)(C)C)NCC(=O)N(C)C.I. The van der Waals surface area contributed by atoms with E-state index in [4.69, 9.17) is 0 Å². The van der Waals surface area contributed by atoms with Gasteiger partial charge in [-0.2, -0.15) is 0 Å². The average Bonchev–Trinajstić information content (AvgIpc) is 2.38. The van der Waals surface area contributed by atoms with Gasteiger partial charge in [-0.1, -0.05) is 13.3 Å². The normalized spacial score (nSPS) is 11.3. The topological polar surface area (TPSA) is 85.8 Å². The van der Waals surface area contributed by atoms with Gasteiger partial charge in [0.15, 0.2) is 5.96 Å². The summed E-state index contributed by atoms with van der Waals surface area (Å²) in [6, 6.07) is 0. The second-order valence-corrected chi connectivity index (χ2v) is 6.39. The van der Waals surface area contributed by atoms with Crippen molar-refractivity contribution in [3.8, 4) is 0 Å². The lowest BCUT2D eigenvalue weighted by Crippen LogP contribution is -2.45. The zero-order valence-corrected chi connectivity index (χ0v) is 17.5. The Hall–Kier alpha value is -1.06. The highest BCUT2D eigenvalue weighted by Gasteiger charge is 2.13. The molecule has 0 saturated carbocycles. The maximum atomic E-state index is 11.8. The summed E-state index contributed by atoms with van der Waals surface area (Å²) in [4.78, 5) is 29.1. The Balaban J connectivity index is 0. The maximum Gasteiger partial charge on any atom is 0.242 e. The Morgan fingerprint density at radius 2 is 1.74 bits per heavy atom.